The molecule has 128 valence electrons. The van der Waals surface area contributed by atoms with Crippen LogP contribution in [0, 0.1) is 5.92 Å². The first-order valence-corrected chi connectivity index (χ1v) is 9.26. The van der Waals surface area contributed by atoms with E-state index in [0.717, 1.165) is 45.4 Å². The molecule has 0 spiro atoms. The molecule has 1 amide bonds. The van der Waals surface area contributed by atoms with E-state index in [0.29, 0.717) is 12.3 Å². The van der Waals surface area contributed by atoms with Gasteiger partial charge in [-0.15, -0.1) is 0 Å². The van der Waals surface area contributed by atoms with E-state index in [9.17, 15) is 4.79 Å². The van der Waals surface area contributed by atoms with Crippen molar-refractivity contribution in [2.75, 3.05) is 32.8 Å². The number of likely N-dealkylation sites (tertiary alicyclic amines) is 1. The Bertz CT molecular complexity index is 334. The number of hydrogen-bond donors (Lipinski definition) is 1. The van der Waals surface area contributed by atoms with Crippen molar-refractivity contribution in [2.24, 2.45) is 5.92 Å². The molecule has 0 saturated carbocycles. The van der Waals surface area contributed by atoms with Gasteiger partial charge in [-0.2, -0.15) is 0 Å². The standard InChI is InChI=1S/C18H34N2O2/c1-3-7-16(2)14-17(21)19-15-18(8-12-22-13-9-18)20-10-5-4-6-11-20/h16H,3-15H2,1-2H3,(H,19,21)/t16-/m0/s1. The first-order valence-electron chi connectivity index (χ1n) is 9.26. The molecule has 4 heteroatoms. The van der Waals surface area contributed by atoms with Crippen LogP contribution < -0.4 is 5.32 Å². The highest BCUT2D eigenvalue weighted by atomic mass is 16.5. The minimum absolute atomic E-state index is 0.141. The van der Waals surface area contributed by atoms with Gasteiger partial charge in [0.2, 0.25) is 5.91 Å². The smallest absolute Gasteiger partial charge is 0.220 e. The zero-order valence-electron chi connectivity index (χ0n) is 14.5. The van der Waals surface area contributed by atoms with E-state index >= 15 is 0 Å². The van der Waals surface area contributed by atoms with E-state index in [1.54, 1.807) is 0 Å². The second kappa shape index (κ2) is 8.88. The Morgan fingerprint density at radius 1 is 1.23 bits per heavy atom. The van der Waals surface area contributed by atoms with E-state index < -0.39 is 0 Å². The van der Waals surface area contributed by atoms with Crippen LogP contribution in [-0.4, -0.2) is 49.2 Å². The first kappa shape index (κ1) is 17.7. The lowest BCUT2D eigenvalue weighted by Crippen LogP contribution is -2.59. The molecule has 2 fully saturated rings. The number of ether oxygens (including phenoxy) is 1. The molecule has 0 radical (unpaired) electrons. The summed E-state index contributed by atoms with van der Waals surface area (Å²) in [5, 5.41) is 3.24. The quantitative estimate of drug-likeness (QED) is 0.786. The van der Waals surface area contributed by atoms with Crippen molar-refractivity contribution < 1.29 is 9.53 Å². The molecule has 2 heterocycles. The third-order valence-corrected chi connectivity index (χ3v) is 5.38. The van der Waals surface area contributed by atoms with Crippen LogP contribution in [0.1, 0.15) is 65.2 Å². The molecular weight excluding hydrogens is 276 g/mol. The predicted molar refractivity (Wildman–Crippen MR) is 89.9 cm³/mol. The average Bonchev–Trinajstić information content (AvgIpc) is 2.55. The molecule has 4 nitrogen and oxygen atoms in total. The SMILES string of the molecule is CCC[C@H](C)CC(=O)NCC1(N2CCCCC2)CCOCC1. The maximum Gasteiger partial charge on any atom is 0.220 e. The molecule has 2 rings (SSSR count). The molecule has 0 aromatic heterocycles. The van der Waals surface area contributed by atoms with Gasteiger partial charge in [0.25, 0.3) is 0 Å². The van der Waals surface area contributed by atoms with E-state index in [1.165, 1.54) is 32.4 Å². The molecule has 0 aliphatic carbocycles. The molecular formula is C18H34N2O2. The summed E-state index contributed by atoms with van der Waals surface area (Å²) in [6, 6.07) is 0. The molecule has 2 aliphatic rings. The van der Waals surface area contributed by atoms with Crippen LogP contribution in [0.2, 0.25) is 0 Å². The Labute approximate surface area is 136 Å². The van der Waals surface area contributed by atoms with Crippen molar-refractivity contribution >= 4 is 5.91 Å². The highest BCUT2D eigenvalue weighted by molar-refractivity contribution is 5.76. The third kappa shape index (κ3) is 4.95. The lowest BCUT2D eigenvalue weighted by molar-refractivity contribution is -0.123. The fourth-order valence-electron chi connectivity index (χ4n) is 3.97. The normalized spacial score (nSPS) is 23.9. The number of amides is 1. The van der Waals surface area contributed by atoms with Gasteiger partial charge in [-0.05, 0) is 44.7 Å². The summed E-state index contributed by atoms with van der Waals surface area (Å²) in [6.07, 6.45) is 9.01. The lowest BCUT2D eigenvalue weighted by Gasteiger charge is -2.48. The van der Waals surface area contributed by atoms with Crippen LogP contribution >= 0.6 is 0 Å². The molecule has 0 bridgehead atoms. The van der Waals surface area contributed by atoms with Crippen LogP contribution in [0.4, 0.5) is 0 Å². The van der Waals surface area contributed by atoms with Crippen molar-refractivity contribution in [2.45, 2.75) is 70.8 Å². The molecule has 22 heavy (non-hydrogen) atoms. The average molecular weight is 310 g/mol. The fourth-order valence-corrected chi connectivity index (χ4v) is 3.97. The van der Waals surface area contributed by atoms with Gasteiger partial charge in [0.05, 0.1) is 0 Å². The topological polar surface area (TPSA) is 41.6 Å². The number of piperidine rings is 1. The number of nitrogens with one attached hydrogen (secondary N) is 1. The zero-order chi connectivity index (χ0) is 15.8. The van der Waals surface area contributed by atoms with Crippen LogP contribution in [0.25, 0.3) is 0 Å². The summed E-state index contributed by atoms with van der Waals surface area (Å²) in [6.45, 7) is 9.19. The fraction of sp³-hybridized carbons (Fsp3) is 0.944. The lowest BCUT2D eigenvalue weighted by atomic mass is 9.86. The Kier molecular flexibility index (Phi) is 7.16. The second-order valence-electron chi connectivity index (χ2n) is 7.26. The summed E-state index contributed by atoms with van der Waals surface area (Å²) in [5.41, 5.74) is 0.141. The highest BCUT2D eigenvalue weighted by Gasteiger charge is 2.39. The Hall–Kier alpha value is -0.610. The van der Waals surface area contributed by atoms with Crippen molar-refractivity contribution in [3.05, 3.63) is 0 Å². The van der Waals surface area contributed by atoms with Crippen LogP contribution in [0.15, 0.2) is 0 Å². The van der Waals surface area contributed by atoms with Crippen LogP contribution in [0.3, 0.4) is 0 Å². The number of nitrogens with zero attached hydrogens (tertiary/aromatic N) is 1. The summed E-state index contributed by atoms with van der Waals surface area (Å²) in [4.78, 5) is 14.9. The van der Waals surface area contributed by atoms with Gasteiger partial charge in [-0.25, -0.2) is 0 Å². The van der Waals surface area contributed by atoms with Crippen LogP contribution in [0.5, 0.6) is 0 Å². The van der Waals surface area contributed by atoms with Gasteiger partial charge < -0.3 is 10.1 Å². The summed E-state index contributed by atoms with van der Waals surface area (Å²) in [7, 11) is 0. The minimum atomic E-state index is 0.141. The van der Waals surface area contributed by atoms with Gasteiger partial charge in [0.1, 0.15) is 0 Å². The molecule has 1 atom stereocenters. The molecule has 0 aromatic carbocycles. The second-order valence-corrected chi connectivity index (χ2v) is 7.26. The van der Waals surface area contributed by atoms with E-state index in [2.05, 4.69) is 24.1 Å². The summed E-state index contributed by atoms with van der Waals surface area (Å²) < 4.78 is 5.58. The maximum absolute atomic E-state index is 12.2. The number of carbonyl (C=O) groups is 1. The van der Waals surface area contributed by atoms with Gasteiger partial charge in [-0.1, -0.05) is 33.1 Å². The molecule has 0 aromatic rings. The third-order valence-electron chi connectivity index (χ3n) is 5.38. The largest absolute Gasteiger partial charge is 0.381 e. The van der Waals surface area contributed by atoms with Gasteiger partial charge >= 0.3 is 0 Å². The van der Waals surface area contributed by atoms with E-state index in [1.807, 2.05) is 0 Å². The molecule has 0 unspecified atom stereocenters. The highest BCUT2D eigenvalue weighted by Crippen LogP contribution is 2.30. The molecule has 2 saturated heterocycles. The summed E-state index contributed by atoms with van der Waals surface area (Å²) in [5.74, 6) is 0.717. The number of rotatable bonds is 7. The van der Waals surface area contributed by atoms with Gasteiger partial charge in [0, 0.05) is 31.7 Å². The maximum atomic E-state index is 12.2. The van der Waals surface area contributed by atoms with Gasteiger partial charge in [-0.3, -0.25) is 9.69 Å². The monoisotopic (exact) mass is 310 g/mol. The van der Waals surface area contributed by atoms with Crippen molar-refractivity contribution in [1.29, 1.82) is 0 Å². The summed E-state index contributed by atoms with van der Waals surface area (Å²) >= 11 is 0. The Balaban J connectivity index is 1.88. The van der Waals surface area contributed by atoms with E-state index in [-0.39, 0.29) is 11.4 Å². The first-order chi connectivity index (χ1) is 10.7. The predicted octanol–water partition coefficient (Wildman–Crippen LogP) is 2.96. The van der Waals surface area contributed by atoms with Crippen LogP contribution in [-0.2, 0) is 9.53 Å². The number of hydrogen-bond acceptors (Lipinski definition) is 3. The van der Waals surface area contributed by atoms with E-state index in [4.69, 9.17) is 4.74 Å². The van der Waals surface area contributed by atoms with Gasteiger partial charge in [0.15, 0.2) is 0 Å². The Morgan fingerprint density at radius 2 is 1.91 bits per heavy atom. The molecule has 1 N–H and O–H groups in total. The van der Waals surface area contributed by atoms with Crippen molar-refractivity contribution in [1.82, 2.24) is 10.2 Å². The van der Waals surface area contributed by atoms with Crippen molar-refractivity contribution in [3.8, 4) is 0 Å². The zero-order valence-corrected chi connectivity index (χ0v) is 14.5. The number of carbonyl (C=O) groups excluding carboxylic acids is 1. The molecule has 2 aliphatic heterocycles. The Morgan fingerprint density at radius 3 is 2.55 bits per heavy atom. The minimum Gasteiger partial charge on any atom is -0.381 e. The van der Waals surface area contributed by atoms with Crippen molar-refractivity contribution in [3.63, 3.8) is 0 Å².